The number of rotatable bonds is 2. The van der Waals surface area contributed by atoms with Gasteiger partial charge in [0.05, 0.1) is 18.9 Å². The number of aryl methyl sites for hydroxylation is 2. The zero-order valence-corrected chi connectivity index (χ0v) is 9.07. The summed E-state index contributed by atoms with van der Waals surface area (Å²) in [5.41, 5.74) is 1.08. The SMILES string of the molecule is Cn1cnc(C=O)c1.Cn1cncc1C=O. The first-order valence-electron chi connectivity index (χ1n) is 4.52. The standard InChI is InChI=1S/2C5H6N2O/c1-7-2-5(3-8)6-4-7;1-7-4-6-2-5(7)3-8/h2*2-4H,1H3. The molecule has 0 saturated heterocycles. The van der Waals surface area contributed by atoms with E-state index in [2.05, 4.69) is 9.97 Å². The molecule has 0 amide bonds. The highest BCUT2D eigenvalue weighted by atomic mass is 16.1. The van der Waals surface area contributed by atoms with E-state index in [1.165, 1.54) is 6.20 Å². The summed E-state index contributed by atoms with van der Waals surface area (Å²) >= 11 is 0. The van der Waals surface area contributed by atoms with Crippen molar-refractivity contribution in [3.8, 4) is 0 Å². The molecule has 0 aliphatic heterocycles. The van der Waals surface area contributed by atoms with Crippen molar-refractivity contribution >= 4 is 12.6 Å². The Labute approximate surface area is 92.6 Å². The van der Waals surface area contributed by atoms with E-state index < -0.39 is 0 Å². The number of imidazole rings is 2. The first kappa shape index (κ1) is 11.8. The third kappa shape index (κ3) is 3.16. The molecule has 0 aliphatic rings. The van der Waals surface area contributed by atoms with Crippen molar-refractivity contribution in [2.45, 2.75) is 0 Å². The van der Waals surface area contributed by atoms with Crippen LogP contribution in [0.3, 0.4) is 0 Å². The van der Waals surface area contributed by atoms with Crippen LogP contribution in [0.2, 0.25) is 0 Å². The molecule has 2 aromatic heterocycles. The molecule has 0 aromatic carbocycles. The van der Waals surface area contributed by atoms with Crippen molar-refractivity contribution in [3.05, 3.63) is 36.4 Å². The second kappa shape index (κ2) is 5.59. The molecule has 0 fully saturated rings. The molecule has 0 spiro atoms. The van der Waals surface area contributed by atoms with Gasteiger partial charge in [-0.15, -0.1) is 0 Å². The Morgan fingerprint density at radius 3 is 2.19 bits per heavy atom. The van der Waals surface area contributed by atoms with Crippen LogP contribution in [-0.2, 0) is 14.1 Å². The van der Waals surface area contributed by atoms with Crippen molar-refractivity contribution in [1.82, 2.24) is 19.1 Å². The molecule has 16 heavy (non-hydrogen) atoms. The number of nitrogens with zero attached hydrogens (tertiary/aromatic N) is 4. The molecule has 2 aromatic rings. The smallest absolute Gasteiger partial charge is 0.169 e. The number of hydrogen-bond donors (Lipinski definition) is 0. The number of aromatic nitrogens is 4. The summed E-state index contributed by atoms with van der Waals surface area (Å²) in [5.74, 6) is 0. The monoisotopic (exact) mass is 220 g/mol. The van der Waals surface area contributed by atoms with Crippen molar-refractivity contribution in [2.24, 2.45) is 14.1 Å². The van der Waals surface area contributed by atoms with Gasteiger partial charge in [-0.3, -0.25) is 9.59 Å². The number of carbonyl (C=O) groups excluding carboxylic acids is 2. The fourth-order valence-corrected chi connectivity index (χ4v) is 0.975. The van der Waals surface area contributed by atoms with Gasteiger partial charge in [0.1, 0.15) is 11.4 Å². The minimum Gasteiger partial charge on any atom is -0.340 e. The molecular weight excluding hydrogens is 208 g/mol. The van der Waals surface area contributed by atoms with E-state index in [9.17, 15) is 9.59 Å². The maximum Gasteiger partial charge on any atom is 0.169 e. The van der Waals surface area contributed by atoms with Crippen LogP contribution in [0.4, 0.5) is 0 Å². The predicted molar refractivity (Wildman–Crippen MR) is 57.2 cm³/mol. The van der Waals surface area contributed by atoms with Crippen molar-refractivity contribution < 1.29 is 9.59 Å². The molecule has 0 N–H and O–H groups in total. The highest BCUT2D eigenvalue weighted by molar-refractivity contribution is 5.71. The zero-order chi connectivity index (χ0) is 12.0. The average Bonchev–Trinajstić information content (AvgIpc) is 2.87. The summed E-state index contributed by atoms with van der Waals surface area (Å²) in [7, 11) is 3.59. The Bertz CT molecular complexity index is 473. The zero-order valence-electron chi connectivity index (χ0n) is 9.07. The van der Waals surface area contributed by atoms with Gasteiger partial charge in [0.2, 0.25) is 0 Å². The van der Waals surface area contributed by atoms with Gasteiger partial charge >= 0.3 is 0 Å². The molecule has 0 unspecified atom stereocenters. The molecule has 0 radical (unpaired) electrons. The summed E-state index contributed by atoms with van der Waals surface area (Å²) in [6.45, 7) is 0. The fourth-order valence-electron chi connectivity index (χ4n) is 0.975. The van der Waals surface area contributed by atoms with Crippen LogP contribution in [0.15, 0.2) is 25.0 Å². The van der Waals surface area contributed by atoms with Gasteiger partial charge in [-0.05, 0) is 0 Å². The fraction of sp³-hybridized carbons (Fsp3) is 0.200. The lowest BCUT2D eigenvalue weighted by molar-refractivity contribution is 0.111. The largest absolute Gasteiger partial charge is 0.340 e. The molecule has 0 aliphatic carbocycles. The summed E-state index contributed by atoms with van der Waals surface area (Å²) in [5, 5.41) is 0. The van der Waals surface area contributed by atoms with Gasteiger partial charge in [0.25, 0.3) is 0 Å². The molecule has 6 heteroatoms. The van der Waals surface area contributed by atoms with E-state index >= 15 is 0 Å². The Morgan fingerprint density at radius 2 is 1.94 bits per heavy atom. The van der Waals surface area contributed by atoms with Crippen molar-refractivity contribution in [1.29, 1.82) is 0 Å². The molecular formula is C10H12N4O2. The maximum absolute atomic E-state index is 10.0. The van der Waals surface area contributed by atoms with E-state index in [0.717, 1.165) is 12.6 Å². The normalized spacial score (nSPS) is 9.12. The Morgan fingerprint density at radius 1 is 1.19 bits per heavy atom. The van der Waals surface area contributed by atoms with E-state index in [1.54, 1.807) is 35.0 Å². The van der Waals surface area contributed by atoms with Gasteiger partial charge < -0.3 is 9.13 Å². The second-order valence-electron chi connectivity index (χ2n) is 3.13. The number of hydrogen-bond acceptors (Lipinski definition) is 4. The molecule has 6 nitrogen and oxygen atoms in total. The Kier molecular flexibility index (Phi) is 4.14. The summed E-state index contributed by atoms with van der Waals surface area (Å²) in [6.07, 6.45) is 7.85. The minimum absolute atomic E-state index is 0.479. The topological polar surface area (TPSA) is 69.8 Å². The van der Waals surface area contributed by atoms with Gasteiger partial charge in [-0.1, -0.05) is 0 Å². The van der Waals surface area contributed by atoms with E-state index in [0.29, 0.717) is 11.4 Å². The van der Waals surface area contributed by atoms with Crippen LogP contribution in [-0.4, -0.2) is 31.7 Å². The molecule has 2 rings (SSSR count). The lowest BCUT2D eigenvalue weighted by Crippen LogP contribution is -1.90. The van der Waals surface area contributed by atoms with Gasteiger partial charge in [-0.2, -0.15) is 0 Å². The maximum atomic E-state index is 10.0. The van der Waals surface area contributed by atoms with Crippen LogP contribution in [0, 0.1) is 0 Å². The van der Waals surface area contributed by atoms with Crippen LogP contribution in [0.1, 0.15) is 21.0 Å². The van der Waals surface area contributed by atoms with Crippen molar-refractivity contribution in [3.63, 3.8) is 0 Å². The second-order valence-corrected chi connectivity index (χ2v) is 3.13. The van der Waals surface area contributed by atoms with Crippen molar-refractivity contribution in [2.75, 3.05) is 0 Å². The molecule has 0 atom stereocenters. The highest BCUT2D eigenvalue weighted by Crippen LogP contribution is 1.88. The predicted octanol–water partition coefficient (Wildman–Crippen LogP) is 0.465. The van der Waals surface area contributed by atoms with Crippen LogP contribution < -0.4 is 0 Å². The van der Waals surface area contributed by atoms with E-state index in [4.69, 9.17) is 0 Å². The molecule has 0 saturated carbocycles. The molecule has 2 heterocycles. The lowest BCUT2D eigenvalue weighted by atomic mass is 10.5. The summed E-state index contributed by atoms with van der Waals surface area (Å²) < 4.78 is 3.39. The van der Waals surface area contributed by atoms with Crippen LogP contribution in [0.25, 0.3) is 0 Å². The van der Waals surface area contributed by atoms with Gasteiger partial charge in [0, 0.05) is 20.3 Å². The molecule has 0 bridgehead atoms. The number of carbonyl (C=O) groups is 2. The molecule has 84 valence electrons. The first-order chi connectivity index (χ1) is 7.67. The summed E-state index contributed by atoms with van der Waals surface area (Å²) in [4.78, 5) is 27.4. The third-order valence-electron chi connectivity index (χ3n) is 1.82. The van der Waals surface area contributed by atoms with Gasteiger partial charge in [-0.25, -0.2) is 9.97 Å². The first-order valence-corrected chi connectivity index (χ1v) is 4.52. The quantitative estimate of drug-likeness (QED) is 0.689. The summed E-state index contributed by atoms with van der Waals surface area (Å²) in [6, 6.07) is 0. The van der Waals surface area contributed by atoms with Crippen LogP contribution in [0.5, 0.6) is 0 Å². The lowest BCUT2D eigenvalue weighted by Gasteiger charge is -1.86. The number of aldehydes is 2. The van der Waals surface area contributed by atoms with Gasteiger partial charge in [0.15, 0.2) is 12.6 Å². The highest BCUT2D eigenvalue weighted by Gasteiger charge is 1.90. The average molecular weight is 220 g/mol. The Balaban J connectivity index is 0.000000160. The van der Waals surface area contributed by atoms with E-state index in [-0.39, 0.29) is 0 Å². The Hall–Kier alpha value is -2.24. The van der Waals surface area contributed by atoms with Crippen LogP contribution >= 0.6 is 0 Å². The third-order valence-corrected chi connectivity index (χ3v) is 1.82. The minimum atomic E-state index is 0.479. The van der Waals surface area contributed by atoms with E-state index in [1.807, 2.05) is 7.05 Å².